The van der Waals surface area contributed by atoms with Crippen molar-refractivity contribution in [2.45, 2.75) is 32.7 Å². The highest BCUT2D eigenvalue weighted by atomic mass is 16.1. The summed E-state index contributed by atoms with van der Waals surface area (Å²) >= 11 is 0. The Balaban J connectivity index is 1.36. The lowest BCUT2D eigenvalue weighted by Gasteiger charge is -2.36. The first-order valence-electron chi connectivity index (χ1n) is 9.82. The third kappa shape index (κ3) is 6.07. The number of anilines is 1. The maximum Gasteiger partial charge on any atom is 0.221 e. The summed E-state index contributed by atoms with van der Waals surface area (Å²) in [6.45, 7) is 9.05. The molecule has 2 aromatic rings. The summed E-state index contributed by atoms with van der Waals surface area (Å²) in [6.07, 6.45) is 5.00. The number of aryl methyl sites for hydroxylation is 1. The van der Waals surface area contributed by atoms with Crippen LogP contribution in [0, 0.1) is 6.92 Å². The molecule has 0 bridgehead atoms. The fourth-order valence-corrected chi connectivity index (χ4v) is 3.58. The fraction of sp³-hybridized carbons (Fsp3) is 0.455. The van der Waals surface area contributed by atoms with Crippen molar-refractivity contribution in [3.63, 3.8) is 0 Å². The van der Waals surface area contributed by atoms with Crippen LogP contribution in [0.5, 0.6) is 0 Å². The van der Waals surface area contributed by atoms with Crippen LogP contribution in [0.15, 0.2) is 48.8 Å². The lowest BCUT2D eigenvalue weighted by molar-refractivity contribution is -0.122. The molecule has 1 atom stereocenters. The number of piperazine rings is 1. The first-order chi connectivity index (χ1) is 13.1. The van der Waals surface area contributed by atoms with Crippen molar-refractivity contribution in [2.75, 3.05) is 37.6 Å². The van der Waals surface area contributed by atoms with Crippen LogP contribution in [0.1, 0.15) is 24.5 Å². The number of nitrogens with zero attached hydrogens (tertiary/aromatic N) is 3. The number of aromatic nitrogens is 1. The Hall–Kier alpha value is -2.40. The van der Waals surface area contributed by atoms with Crippen molar-refractivity contribution in [1.82, 2.24) is 15.2 Å². The molecule has 1 amide bonds. The Morgan fingerprint density at radius 3 is 2.70 bits per heavy atom. The molecule has 1 aliphatic rings. The Bertz CT molecular complexity index is 726. The van der Waals surface area contributed by atoms with Crippen LogP contribution in [0.3, 0.4) is 0 Å². The highest BCUT2D eigenvalue weighted by Gasteiger charge is 2.18. The molecular weight excluding hydrogens is 336 g/mol. The zero-order valence-corrected chi connectivity index (χ0v) is 16.4. The molecule has 0 saturated carbocycles. The van der Waals surface area contributed by atoms with Crippen LogP contribution in [0.2, 0.25) is 0 Å². The van der Waals surface area contributed by atoms with Crippen LogP contribution in [-0.4, -0.2) is 54.6 Å². The van der Waals surface area contributed by atoms with Gasteiger partial charge in [-0.3, -0.25) is 14.7 Å². The third-order valence-corrected chi connectivity index (χ3v) is 5.07. The maximum atomic E-state index is 12.2. The molecule has 1 aliphatic heterocycles. The first-order valence-corrected chi connectivity index (χ1v) is 9.82. The summed E-state index contributed by atoms with van der Waals surface area (Å²) in [6, 6.07) is 12.8. The van der Waals surface area contributed by atoms with Crippen LogP contribution in [0.25, 0.3) is 0 Å². The third-order valence-electron chi connectivity index (χ3n) is 5.07. The van der Waals surface area contributed by atoms with Crippen LogP contribution in [-0.2, 0) is 11.2 Å². The van der Waals surface area contributed by atoms with Gasteiger partial charge in [-0.1, -0.05) is 18.2 Å². The van der Waals surface area contributed by atoms with E-state index in [-0.39, 0.29) is 11.9 Å². The number of pyridine rings is 1. The molecular formula is C22H30N4O. The average molecular weight is 367 g/mol. The number of nitrogens with one attached hydrogen (secondary N) is 1. The topological polar surface area (TPSA) is 48.5 Å². The monoisotopic (exact) mass is 366 g/mol. The molecule has 5 heteroatoms. The maximum absolute atomic E-state index is 12.2. The quantitative estimate of drug-likeness (QED) is 0.818. The van der Waals surface area contributed by atoms with Gasteiger partial charge in [0.2, 0.25) is 5.91 Å². The predicted octanol–water partition coefficient (Wildman–Crippen LogP) is 2.65. The molecule has 144 valence electrons. The summed E-state index contributed by atoms with van der Waals surface area (Å²) in [7, 11) is 0. The predicted molar refractivity (Wildman–Crippen MR) is 110 cm³/mol. The highest BCUT2D eigenvalue weighted by molar-refractivity contribution is 5.76. The zero-order valence-electron chi connectivity index (χ0n) is 16.4. The second kappa shape index (κ2) is 9.51. The molecule has 2 heterocycles. The van der Waals surface area contributed by atoms with Crippen molar-refractivity contribution in [3.05, 3.63) is 59.9 Å². The van der Waals surface area contributed by atoms with Gasteiger partial charge in [-0.05, 0) is 49.6 Å². The van der Waals surface area contributed by atoms with Gasteiger partial charge in [0.15, 0.2) is 0 Å². The van der Waals surface area contributed by atoms with E-state index < -0.39 is 0 Å². The van der Waals surface area contributed by atoms with Crippen molar-refractivity contribution < 1.29 is 4.79 Å². The molecule has 1 aromatic heterocycles. The smallest absolute Gasteiger partial charge is 0.221 e. The summed E-state index contributed by atoms with van der Waals surface area (Å²) in [5.41, 5.74) is 3.75. The largest absolute Gasteiger partial charge is 0.369 e. The Morgan fingerprint density at radius 2 is 2.00 bits per heavy atom. The number of benzene rings is 1. The van der Waals surface area contributed by atoms with Gasteiger partial charge in [-0.25, -0.2) is 0 Å². The molecule has 1 N–H and O–H groups in total. The molecule has 3 rings (SSSR count). The number of amides is 1. The molecule has 0 spiro atoms. The van der Waals surface area contributed by atoms with Gasteiger partial charge in [0.05, 0.1) is 0 Å². The first kappa shape index (κ1) is 19.4. The molecule has 1 aromatic carbocycles. The standard InChI is InChI=1S/C22H30N4O/c1-18-5-3-7-21(15-18)26-13-11-25(12-14-26)10-8-22(27)24-19(2)16-20-6-4-9-23-17-20/h3-7,9,15,17,19H,8,10-14,16H2,1-2H3,(H,24,27). The van der Waals surface area contributed by atoms with Crippen LogP contribution in [0.4, 0.5) is 5.69 Å². The lowest BCUT2D eigenvalue weighted by atomic mass is 10.1. The minimum Gasteiger partial charge on any atom is -0.369 e. The summed E-state index contributed by atoms with van der Waals surface area (Å²) in [4.78, 5) is 21.2. The van der Waals surface area contributed by atoms with E-state index in [1.165, 1.54) is 11.3 Å². The Morgan fingerprint density at radius 1 is 1.19 bits per heavy atom. The van der Waals surface area contributed by atoms with Crippen molar-refractivity contribution in [3.8, 4) is 0 Å². The molecule has 27 heavy (non-hydrogen) atoms. The van der Waals surface area contributed by atoms with E-state index >= 15 is 0 Å². The van der Waals surface area contributed by atoms with Crippen molar-refractivity contribution in [2.24, 2.45) is 0 Å². The SMILES string of the molecule is Cc1cccc(N2CCN(CCC(=O)NC(C)Cc3cccnc3)CC2)c1. The molecule has 0 aliphatic carbocycles. The van der Waals surface area contributed by atoms with Crippen LogP contribution < -0.4 is 10.2 Å². The number of carbonyl (C=O) groups excluding carboxylic acids is 1. The lowest BCUT2D eigenvalue weighted by Crippen LogP contribution is -2.47. The van der Waals surface area contributed by atoms with E-state index in [1.807, 2.05) is 25.3 Å². The van der Waals surface area contributed by atoms with Gasteiger partial charge in [0, 0.05) is 63.3 Å². The van der Waals surface area contributed by atoms with Gasteiger partial charge in [0.25, 0.3) is 0 Å². The minimum atomic E-state index is 0.125. The van der Waals surface area contributed by atoms with Crippen molar-refractivity contribution >= 4 is 11.6 Å². The minimum absolute atomic E-state index is 0.125. The molecule has 1 unspecified atom stereocenters. The summed E-state index contributed by atoms with van der Waals surface area (Å²) < 4.78 is 0. The molecule has 0 radical (unpaired) electrons. The average Bonchev–Trinajstić information content (AvgIpc) is 2.67. The van der Waals surface area contributed by atoms with E-state index in [2.05, 4.69) is 51.3 Å². The second-order valence-corrected chi connectivity index (χ2v) is 7.45. The van der Waals surface area contributed by atoms with Crippen LogP contribution >= 0.6 is 0 Å². The number of hydrogen-bond acceptors (Lipinski definition) is 4. The number of carbonyl (C=O) groups is 1. The molecule has 5 nitrogen and oxygen atoms in total. The van der Waals surface area contributed by atoms with Gasteiger partial charge in [-0.2, -0.15) is 0 Å². The number of rotatable bonds is 7. The van der Waals surface area contributed by atoms with E-state index in [1.54, 1.807) is 6.20 Å². The van der Waals surface area contributed by atoms with Crippen molar-refractivity contribution in [1.29, 1.82) is 0 Å². The summed E-state index contributed by atoms with van der Waals surface area (Å²) in [5.74, 6) is 0.132. The highest BCUT2D eigenvalue weighted by Crippen LogP contribution is 2.17. The van der Waals surface area contributed by atoms with Gasteiger partial charge in [-0.15, -0.1) is 0 Å². The van der Waals surface area contributed by atoms with E-state index in [9.17, 15) is 4.79 Å². The van der Waals surface area contributed by atoms with E-state index in [0.29, 0.717) is 6.42 Å². The molecule has 1 saturated heterocycles. The zero-order chi connectivity index (χ0) is 19.1. The number of hydrogen-bond donors (Lipinski definition) is 1. The molecule has 1 fully saturated rings. The summed E-state index contributed by atoms with van der Waals surface area (Å²) in [5, 5.41) is 3.11. The van der Waals surface area contributed by atoms with Gasteiger partial charge >= 0.3 is 0 Å². The second-order valence-electron chi connectivity index (χ2n) is 7.45. The fourth-order valence-electron chi connectivity index (χ4n) is 3.58. The van der Waals surface area contributed by atoms with Gasteiger partial charge < -0.3 is 10.2 Å². The Kier molecular flexibility index (Phi) is 6.82. The normalized spacial score (nSPS) is 16.1. The van der Waals surface area contributed by atoms with Gasteiger partial charge in [0.1, 0.15) is 0 Å². The van der Waals surface area contributed by atoms with E-state index in [4.69, 9.17) is 0 Å². The Labute approximate surface area is 162 Å². The van der Waals surface area contributed by atoms with E-state index in [0.717, 1.165) is 44.7 Å².